The highest BCUT2D eigenvalue weighted by Gasteiger charge is 2.20. The van der Waals surface area contributed by atoms with Gasteiger partial charge in [-0.25, -0.2) is 0 Å². The molecule has 0 amide bonds. The molecule has 1 aliphatic carbocycles. The predicted molar refractivity (Wildman–Crippen MR) is 83.6 cm³/mol. The second-order valence-electron chi connectivity index (χ2n) is 5.69. The Kier molecular flexibility index (Phi) is 4.66. The number of aromatic nitrogens is 2. The van der Waals surface area contributed by atoms with Crippen LogP contribution in [0.2, 0.25) is 5.22 Å². The van der Waals surface area contributed by atoms with Gasteiger partial charge in [0.2, 0.25) is 0 Å². The summed E-state index contributed by atoms with van der Waals surface area (Å²) in [5.41, 5.74) is 2.11. The van der Waals surface area contributed by atoms with Crippen LogP contribution >= 0.6 is 11.6 Å². The van der Waals surface area contributed by atoms with Crippen LogP contribution in [0.1, 0.15) is 55.9 Å². The van der Waals surface area contributed by atoms with E-state index in [1.807, 2.05) is 6.07 Å². The standard InChI is InChI=1S/C16H22ClN3O/c1-2-18-15(14-8-10-21-16(14)17)11-12-7-9-20(19-12)13-5-3-4-6-13/h7-10,13,15,18H,2-6,11H2,1H3. The van der Waals surface area contributed by atoms with Crippen LogP contribution in [0, 0.1) is 0 Å². The monoisotopic (exact) mass is 307 g/mol. The van der Waals surface area contributed by atoms with E-state index in [9.17, 15) is 0 Å². The molecule has 3 rings (SSSR count). The summed E-state index contributed by atoms with van der Waals surface area (Å²) in [6.45, 7) is 2.98. The van der Waals surface area contributed by atoms with Crippen molar-refractivity contribution in [3.8, 4) is 0 Å². The van der Waals surface area contributed by atoms with Crippen molar-refractivity contribution in [3.63, 3.8) is 0 Å². The van der Waals surface area contributed by atoms with E-state index in [4.69, 9.17) is 21.1 Å². The number of halogens is 1. The maximum atomic E-state index is 6.11. The molecule has 1 aliphatic rings. The second-order valence-corrected chi connectivity index (χ2v) is 6.03. The van der Waals surface area contributed by atoms with Gasteiger partial charge in [0, 0.05) is 24.2 Å². The number of rotatable bonds is 6. The van der Waals surface area contributed by atoms with Gasteiger partial charge in [-0.15, -0.1) is 0 Å². The molecule has 1 saturated carbocycles. The van der Waals surface area contributed by atoms with Crippen molar-refractivity contribution in [2.45, 2.75) is 51.1 Å². The lowest BCUT2D eigenvalue weighted by atomic mass is 10.1. The molecule has 1 fully saturated rings. The van der Waals surface area contributed by atoms with Crippen molar-refractivity contribution in [3.05, 3.63) is 41.1 Å². The lowest BCUT2D eigenvalue weighted by Gasteiger charge is -2.16. The van der Waals surface area contributed by atoms with Crippen molar-refractivity contribution in [2.24, 2.45) is 0 Å². The third-order valence-corrected chi connectivity index (χ3v) is 4.55. The molecule has 21 heavy (non-hydrogen) atoms. The van der Waals surface area contributed by atoms with E-state index >= 15 is 0 Å². The van der Waals surface area contributed by atoms with E-state index < -0.39 is 0 Å². The predicted octanol–water partition coefficient (Wildman–Crippen LogP) is 4.14. The zero-order chi connectivity index (χ0) is 14.7. The average molecular weight is 308 g/mol. The maximum absolute atomic E-state index is 6.11. The van der Waals surface area contributed by atoms with Gasteiger partial charge in [-0.2, -0.15) is 5.10 Å². The highest BCUT2D eigenvalue weighted by atomic mass is 35.5. The molecule has 2 heterocycles. The molecule has 0 spiro atoms. The van der Waals surface area contributed by atoms with Crippen LogP contribution in [-0.4, -0.2) is 16.3 Å². The zero-order valence-corrected chi connectivity index (χ0v) is 13.1. The molecule has 0 aliphatic heterocycles. The van der Waals surface area contributed by atoms with Gasteiger partial charge in [-0.05, 0) is 43.1 Å². The van der Waals surface area contributed by atoms with Crippen LogP contribution in [-0.2, 0) is 6.42 Å². The van der Waals surface area contributed by atoms with Crippen LogP contribution in [0.5, 0.6) is 0 Å². The van der Waals surface area contributed by atoms with Gasteiger partial charge >= 0.3 is 0 Å². The number of furan rings is 1. The first kappa shape index (κ1) is 14.7. The Morgan fingerprint density at radius 1 is 1.43 bits per heavy atom. The van der Waals surface area contributed by atoms with Gasteiger partial charge in [-0.1, -0.05) is 19.8 Å². The molecule has 1 atom stereocenters. The summed E-state index contributed by atoms with van der Waals surface area (Å²) < 4.78 is 7.36. The average Bonchev–Trinajstić information content (AvgIpc) is 3.18. The summed E-state index contributed by atoms with van der Waals surface area (Å²) in [7, 11) is 0. The van der Waals surface area contributed by atoms with Crippen molar-refractivity contribution in [2.75, 3.05) is 6.54 Å². The molecule has 2 aromatic heterocycles. The number of nitrogens with one attached hydrogen (secondary N) is 1. The first-order valence-corrected chi connectivity index (χ1v) is 8.16. The second kappa shape index (κ2) is 6.67. The molecule has 4 nitrogen and oxygen atoms in total. The largest absolute Gasteiger partial charge is 0.453 e. The third-order valence-electron chi connectivity index (χ3n) is 4.25. The normalized spacial score (nSPS) is 17.4. The quantitative estimate of drug-likeness (QED) is 0.872. The van der Waals surface area contributed by atoms with Crippen molar-refractivity contribution in [1.29, 1.82) is 0 Å². The molecular formula is C16H22ClN3O. The molecule has 0 aromatic carbocycles. The first-order valence-electron chi connectivity index (χ1n) is 7.78. The van der Waals surface area contributed by atoms with Crippen LogP contribution in [0.25, 0.3) is 0 Å². The van der Waals surface area contributed by atoms with Gasteiger partial charge in [0.05, 0.1) is 18.0 Å². The van der Waals surface area contributed by atoms with Crippen molar-refractivity contribution >= 4 is 11.6 Å². The van der Waals surface area contributed by atoms with Crippen LogP contribution in [0.3, 0.4) is 0 Å². The highest BCUT2D eigenvalue weighted by molar-refractivity contribution is 6.29. The molecule has 0 radical (unpaired) electrons. The number of likely N-dealkylation sites (N-methyl/N-ethyl adjacent to an activating group) is 1. The van der Waals surface area contributed by atoms with E-state index in [0.717, 1.165) is 24.2 Å². The molecule has 1 N–H and O–H groups in total. The Morgan fingerprint density at radius 3 is 2.90 bits per heavy atom. The van der Waals surface area contributed by atoms with Gasteiger partial charge in [0.1, 0.15) is 0 Å². The molecule has 0 bridgehead atoms. The third kappa shape index (κ3) is 3.33. The fourth-order valence-corrected chi connectivity index (χ4v) is 3.41. The topological polar surface area (TPSA) is 43.0 Å². The Balaban J connectivity index is 1.72. The SMILES string of the molecule is CCNC(Cc1ccn(C2CCCC2)n1)c1ccoc1Cl. The summed E-state index contributed by atoms with van der Waals surface area (Å²) in [6, 6.07) is 4.79. The summed E-state index contributed by atoms with van der Waals surface area (Å²) in [5.74, 6) is 0. The Labute approximate surface area is 130 Å². The number of hydrogen-bond acceptors (Lipinski definition) is 3. The molecule has 2 aromatic rings. The lowest BCUT2D eigenvalue weighted by Crippen LogP contribution is -2.23. The minimum Gasteiger partial charge on any atom is -0.453 e. The maximum Gasteiger partial charge on any atom is 0.197 e. The summed E-state index contributed by atoms with van der Waals surface area (Å²) in [5, 5.41) is 8.68. The first-order chi connectivity index (χ1) is 10.3. The molecule has 114 valence electrons. The minimum absolute atomic E-state index is 0.146. The van der Waals surface area contributed by atoms with Crippen LogP contribution in [0.4, 0.5) is 0 Å². The summed E-state index contributed by atoms with van der Waals surface area (Å²) >= 11 is 6.11. The van der Waals surface area contributed by atoms with Crippen LogP contribution < -0.4 is 5.32 Å². The molecule has 0 saturated heterocycles. The Bertz CT molecular complexity index is 572. The summed E-state index contributed by atoms with van der Waals surface area (Å²) in [4.78, 5) is 0. The van der Waals surface area contributed by atoms with Gasteiger partial charge < -0.3 is 9.73 Å². The molecule has 5 heteroatoms. The van der Waals surface area contributed by atoms with E-state index in [1.54, 1.807) is 6.26 Å². The molecular weight excluding hydrogens is 286 g/mol. The smallest absolute Gasteiger partial charge is 0.197 e. The molecule has 1 unspecified atom stereocenters. The van der Waals surface area contributed by atoms with E-state index in [0.29, 0.717) is 11.3 Å². The number of hydrogen-bond donors (Lipinski definition) is 1. The number of nitrogens with zero attached hydrogens (tertiary/aromatic N) is 2. The summed E-state index contributed by atoms with van der Waals surface area (Å²) in [6.07, 6.45) is 9.74. The minimum atomic E-state index is 0.146. The van der Waals surface area contributed by atoms with Gasteiger partial charge in [-0.3, -0.25) is 4.68 Å². The van der Waals surface area contributed by atoms with E-state index in [2.05, 4.69) is 29.2 Å². The zero-order valence-electron chi connectivity index (χ0n) is 12.4. The van der Waals surface area contributed by atoms with Gasteiger partial charge in [0.15, 0.2) is 5.22 Å². The van der Waals surface area contributed by atoms with Crippen molar-refractivity contribution < 1.29 is 4.42 Å². The van der Waals surface area contributed by atoms with Gasteiger partial charge in [0.25, 0.3) is 0 Å². The van der Waals surface area contributed by atoms with E-state index in [-0.39, 0.29) is 6.04 Å². The fourth-order valence-electron chi connectivity index (χ4n) is 3.16. The Morgan fingerprint density at radius 2 is 2.24 bits per heavy atom. The van der Waals surface area contributed by atoms with Crippen molar-refractivity contribution in [1.82, 2.24) is 15.1 Å². The lowest BCUT2D eigenvalue weighted by molar-refractivity contribution is 0.456. The van der Waals surface area contributed by atoms with Crippen LogP contribution in [0.15, 0.2) is 29.0 Å². The Hall–Kier alpha value is -1.26. The highest BCUT2D eigenvalue weighted by Crippen LogP contribution is 2.30. The van der Waals surface area contributed by atoms with E-state index in [1.165, 1.54) is 25.7 Å². The fraction of sp³-hybridized carbons (Fsp3) is 0.562.